The zero-order chi connectivity index (χ0) is 20.2. The van der Waals surface area contributed by atoms with E-state index in [1.54, 1.807) is 0 Å². The van der Waals surface area contributed by atoms with Crippen LogP contribution >= 0.6 is 8.45 Å². The molecule has 3 aromatic rings. The monoisotopic (exact) mass is 404 g/mol. The molecule has 4 heteroatoms. The molecular formula is C25H29N2OP. The fourth-order valence-electron chi connectivity index (χ4n) is 4.24. The van der Waals surface area contributed by atoms with Gasteiger partial charge in [0, 0.05) is 0 Å². The fourth-order valence-corrected chi connectivity index (χ4v) is 6.43. The van der Waals surface area contributed by atoms with E-state index >= 15 is 0 Å². The van der Waals surface area contributed by atoms with Gasteiger partial charge in [0.25, 0.3) is 0 Å². The van der Waals surface area contributed by atoms with Gasteiger partial charge in [-0.05, 0) is 37.2 Å². The Labute approximate surface area is 175 Å². The van der Waals surface area contributed by atoms with Crippen LogP contribution in [0.1, 0.15) is 48.2 Å². The fraction of sp³-hybridized carbons (Fsp3) is 0.280. The quantitative estimate of drug-likeness (QED) is 0.423. The van der Waals surface area contributed by atoms with Crippen molar-refractivity contribution in [1.82, 2.24) is 9.34 Å². The maximum absolute atomic E-state index is 6.79. The number of hydrogen-bond donors (Lipinski definition) is 0. The molecule has 0 bridgehead atoms. The van der Waals surface area contributed by atoms with Gasteiger partial charge in [-0.15, -0.1) is 0 Å². The Morgan fingerprint density at radius 2 is 1.14 bits per heavy atom. The Kier molecular flexibility index (Phi) is 6.42. The van der Waals surface area contributed by atoms with Crippen molar-refractivity contribution in [3.63, 3.8) is 0 Å². The summed E-state index contributed by atoms with van der Waals surface area (Å²) in [6.07, 6.45) is 1.05. The Morgan fingerprint density at radius 1 is 0.724 bits per heavy atom. The highest BCUT2D eigenvalue weighted by molar-refractivity contribution is 7.47. The van der Waals surface area contributed by atoms with Crippen molar-refractivity contribution in [1.29, 1.82) is 0 Å². The summed E-state index contributed by atoms with van der Waals surface area (Å²) in [5, 5.41) is 0. The van der Waals surface area contributed by atoms with Crippen LogP contribution in [-0.4, -0.2) is 23.4 Å². The minimum absolute atomic E-state index is 0.0955. The van der Waals surface area contributed by atoms with E-state index in [0.29, 0.717) is 0 Å². The smallest absolute Gasteiger partial charge is 0.189 e. The van der Waals surface area contributed by atoms with Crippen LogP contribution in [-0.2, 0) is 4.52 Å². The topological polar surface area (TPSA) is 15.7 Å². The Balaban J connectivity index is 1.68. The van der Waals surface area contributed by atoms with E-state index in [1.807, 2.05) is 0 Å². The molecule has 150 valence electrons. The van der Waals surface area contributed by atoms with E-state index in [4.69, 9.17) is 4.52 Å². The van der Waals surface area contributed by atoms with Crippen LogP contribution in [0.3, 0.4) is 0 Å². The predicted molar refractivity (Wildman–Crippen MR) is 121 cm³/mol. The third kappa shape index (κ3) is 4.15. The standard InChI is InChI=1S/C25H29N2OP/c1-4-23(20-14-8-5-9-15-20)28-29-26(2)24(21-16-10-6-11-17-21)25(27(29)3)22-18-12-7-13-19-22/h5-19,23-25H,4H2,1-3H3/t23-,24-,25-/m1/s1. The first-order chi connectivity index (χ1) is 14.2. The summed E-state index contributed by atoms with van der Waals surface area (Å²) in [5.41, 5.74) is 3.91. The van der Waals surface area contributed by atoms with E-state index in [9.17, 15) is 0 Å². The second-order valence-corrected chi connectivity index (χ2v) is 9.50. The molecule has 3 nitrogen and oxygen atoms in total. The largest absolute Gasteiger partial charge is 0.323 e. The predicted octanol–water partition coefficient (Wildman–Crippen LogP) is 6.74. The minimum atomic E-state index is -0.896. The van der Waals surface area contributed by atoms with Gasteiger partial charge < -0.3 is 4.52 Å². The summed E-state index contributed by atoms with van der Waals surface area (Å²) >= 11 is 0. The molecule has 0 unspecified atom stereocenters. The molecule has 1 heterocycles. The van der Waals surface area contributed by atoms with Gasteiger partial charge in [-0.1, -0.05) is 97.9 Å². The molecule has 0 aromatic heterocycles. The van der Waals surface area contributed by atoms with E-state index in [0.717, 1.165) is 6.42 Å². The number of hydrogen-bond acceptors (Lipinski definition) is 3. The highest BCUT2D eigenvalue weighted by atomic mass is 31.2. The van der Waals surface area contributed by atoms with Crippen LogP contribution in [0.2, 0.25) is 0 Å². The van der Waals surface area contributed by atoms with Crippen molar-refractivity contribution in [3.8, 4) is 0 Å². The Morgan fingerprint density at radius 3 is 1.55 bits per heavy atom. The highest BCUT2D eigenvalue weighted by Gasteiger charge is 2.47. The second-order valence-electron chi connectivity index (χ2n) is 7.52. The van der Waals surface area contributed by atoms with Crippen LogP contribution in [0.4, 0.5) is 0 Å². The molecule has 1 saturated heterocycles. The number of rotatable bonds is 6. The van der Waals surface area contributed by atoms with Gasteiger partial charge in [0.2, 0.25) is 0 Å². The molecular weight excluding hydrogens is 375 g/mol. The lowest BCUT2D eigenvalue weighted by Gasteiger charge is -2.29. The molecule has 29 heavy (non-hydrogen) atoms. The van der Waals surface area contributed by atoms with Gasteiger partial charge >= 0.3 is 0 Å². The second kappa shape index (κ2) is 9.19. The number of nitrogens with zero attached hydrogens (tertiary/aromatic N) is 2. The number of likely N-dealkylation sites (N-methyl/N-ethyl adjacent to an activating group) is 2. The lowest BCUT2D eigenvalue weighted by Crippen LogP contribution is -2.20. The van der Waals surface area contributed by atoms with Crippen LogP contribution in [0.15, 0.2) is 91.0 Å². The highest BCUT2D eigenvalue weighted by Crippen LogP contribution is 2.64. The summed E-state index contributed by atoms with van der Waals surface area (Å²) in [4.78, 5) is 0. The maximum Gasteiger partial charge on any atom is 0.189 e. The molecule has 0 amide bonds. The number of benzene rings is 3. The van der Waals surface area contributed by atoms with E-state index in [-0.39, 0.29) is 18.2 Å². The minimum Gasteiger partial charge on any atom is -0.323 e. The summed E-state index contributed by atoms with van der Waals surface area (Å²) < 4.78 is 11.7. The molecule has 3 aromatic carbocycles. The molecule has 1 fully saturated rings. The summed E-state index contributed by atoms with van der Waals surface area (Å²) in [6, 6.07) is 32.7. The van der Waals surface area contributed by atoms with E-state index in [2.05, 4.69) is 121 Å². The first-order valence-electron chi connectivity index (χ1n) is 10.3. The third-order valence-electron chi connectivity index (χ3n) is 5.69. The molecule has 0 spiro atoms. The van der Waals surface area contributed by atoms with Crippen molar-refractivity contribution in [3.05, 3.63) is 108 Å². The lowest BCUT2D eigenvalue weighted by atomic mass is 9.93. The Hall–Kier alpha value is -2.03. The van der Waals surface area contributed by atoms with Crippen LogP contribution in [0, 0.1) is 0 Å². The average Bonchev–Trinajstić information content (AvgIpc) is 3.03. The van der Waals surface area contributed by atoms with Gasteiger partial charge in [-0.25, -0.2) is 9.34 Å². The zero-order valence-electron chi connectivity index (χ0n) is 17.3. The van der Waals surface area contributed by atoms with Gasteiger partial charge in [0.05, 0.1) is 18.2 Å². The van der Waals surface area contributed by atoms with Crippen molar-refractivity contribution >= 4 is 8.45 Å². The molecule has 1 aliphatic heterocycles. The summed E-state index contributed by atoms with van der Waals surface area (Å²) in [5.74, 6) is 0. The van der Waals surface area contributed by atoms with Crippen molar-refractivity contribution in [2.45, 2.75) is 31.5 Å². The van der Waals surface area contributed by atoms with Gasteiger partial charge in [-0.2, -0.15) is 0 Å². The zero-order valence-corrected chi connectivity index (χ0v) is 18.2. The van der Waals surface area contributed by atoms with Gasteiger partial charge in [0.1, 0.15) is 0 Å². The van der Waals surface area contributed by atoms with Crippen LogP contribution in [0.5, 0.6) is 0 Å². The summed E-state index contributed by atoms with van der Waals surface area (Å²) in [7, 11) is 3.52. The van der Waals surface area contributed by atoms with Gasteiger partial charge in [0.15, 0.2) is 8.45 Å². The molecule has 0 radical (unpaired) electrons. The van der Waals surface area contributed by atoms with Crippen LogP contribution in [0.25, 0.3) is 0 Å². The first kappa shape index (κ1) is 20.3. The molecule has 1 aliphatic rings. The SMILES string of the molecule is CC[C@@H](OP1N(C)[C@H](c2ccccc2)[C@@H](c2ccccc2)N1C)c1ccccc1. The maximum atomic E-state index is 6.79. The third-order valence-corrected chi connectivity index (χ3v) is 7.71. The van der Waals surface area contributed by atoms with Gasteiger partial charge in [-0.3, -0.25) is 0 Å². The van der Waals surface area contributed by atoms with E-state index < -0.39 is 8.45 Å². The first-order valence-corrected chi connectivity index (χ1v) is 11.4. The molecule has 3 atom stereocenters. The van der Waals surface area contributed by atoms with Crippen molar-refractivity contribution in [2.75, 3.05) is 14.1 Å². The average molecular weight is 404 g/mol. The van der Waals surface area contributed by atoms with Crippen LogP contribution < -0.4 is 0 Å². The Bertz CT molecular complexity index is 839. The van der Waals surface area contributed by atoms with Crippen molar-refractivity contribution < 1.29 is 4.52 Å². The lowest BCUT2D eigenvalue weighted by molar-refractivity contribution is 0.199. The summed E-state index contributed by atoms with van der Waals surface area (Å²) in [6.45, 7) is 2.20. The molecule has 0 N–H and O–H groups in total. The normalized spacial score (nSPS) is 22.0. The van der Waals surface area contributed by atoms with E-state index in [1.165, 1.54) is 16.7 Å². The van der Waals surface area contributed by atoms with Crippen molar-refractivity contribution in [2.24, 2.45) is 0 Å². The molecule has 4 rings (SSSR count). The molecule has 0 saturated carbocycles. The molecule has 0 aliphatic carbocycles.